The maximum atomic E-state index is 14.5. The second-order valence-electron chi connectivity index (χ2n) is 16.1. The molecule has 8 N–H and O–H groups in total. The van der Waals surface area contributed by atoms with Gasteiger partial charge < -0.3 is 47.4 Å². The first-order chi connectivity index (χ1) is 29.8. The maximum absolute atomic E-state index is 14.5. The zero-order valence-electron chi connectivity index (χ0n) is 37.9. The average Bonchev–Trinajstić information content (AvgIpc) is 3.26. The number of likely N-dealkylation sites (N-methyl/N-ethyl adjacent to an activating group) is 1. The Morgan fingerprint density at radius 2 is 0.758 bits per heavy atom. The normalized spacial score (nSPS) is 12.1. The van der Waals surface area contributed by atoms with E-state index in [0.29, 0.717) is 77.8 Å². The second kappa shape index (κ2) is 30.3. The molecule has 0 aliphatic rings. The van der Waals surface area contributed by atoms with E-state index in [9.17, 15) is 28.8 Å². The van der Waals surface area contributed by atoms with Gasteiger partial charge in [-0.1, -0.05) is 60.7 Å². The quantitative estimate of drug-likeness (QED) is 0.0780. The highest BCUT2D eigenvalue weighted by atomic mass is 16.2. The Kier molecular flexibility index (Phi) is 26.1. The third-order valence-corrected chi connectivity index (χ3v) is 10.9. The molecule has 2 atom stereocenters. The minimum Gasteiger partial charge on any atom is -0.334 e. The lowest BCUT2D eigenvalue weighted by atomic mass is 10.1. The molecule has 0 aliphatic carbocycles. The van der Waals surface area contributed by atoms with E-state index in [-0.39, 0.29) is 64.0 Å². The molecule has 16 heteroatoms. The summed E-state index contributed by atoms with van der Waals surface area (Å²) in [4.78, 5) is 92.6. The van der Waals surface area contributed by atoms with Crippen molar-refractivity contribution in [3.63, 3.8) is 0 Å². The third kappa shape index (κ3) is 19.5. The predicted octanol–water partition coefficient (Wildman–Crippen LogP) is 2.13. The molecule has 0 aliphatic heterocycles. The molecule has 0 fully saturated rings. The van der Waals surface area contributed by atoms with Crippen LogP contribution in [0.2, 0.25) is 0 Å². The van der Waals surface area contributed by atoms with Gasteiger partial charge in [-0.15, -0.1) is 0 Å². The number of rotatable bonds is 32. The van der Waals surface area contributed by atoms with Gasteiger partial charge in [0, 0.05) is 19.6 Å². The highest BCUT2D eigenvalue weighted by molar-refractivity contribution is 5.92. The molecule has 346 valence electrons. The number of amides is 5. The summed E-state index contributed by atoms with van der Waals surface area (Å²) >= 11 is 0. The number of hydrogen-bond donors (Lipinski definition) is 4. The minimum atomic E-state index is -0.555. The third-order valence-electron chi connectivity index (χ3n) is 10.9. The summed E-state index contributed by atoms with van der Waals surface area (Å²) in [6.07, 6.45) is 5.18. The molecule has 2 aromatic carbocycles. The zero-order valence-corrected chi connectivity index (χ0v) is 37.9. The first-order valence-corrected chi connectivity index (χ1v) is 22.3. The molecule has 5 amide bonds. The van der Waals surface area contributed by atoms with Crippen molar-refractivity contribution in [3.05, 3.63) is 71.8 Å². The summed E-state index contributed by atoms with van der Waals surface area (Å²) in [6.45, 7) is 7.03. The summed E-state index contributed by atoms with van der Waals surface area (Å²) in [6, 6.07) is 17.8. The lowest BCUT2D eigenvalue weighted by Crippen LogP contribution is -2.52. The molecule has 0 saturated heterocycles. The van der Waals surface area contributed by atoms with Crippen molar-refractivity contribution in [2.45, 2.75) is 84.2 Å². The molecule has 0 heterocycles. The zero-order chi connectivity index (χ0) is 45.9. The van der Waals surface area contributed by atoms with E-state index in [1.165, 1.54) is 26.5 Å². The van der Waals surface area contributed by atoms with Gasteiger partial charge in [-0.2, -0.15) is 0 Å². The van der Waals surface area contributed by atoms with E-state index in [1.54, 1.807) is 4.90 Å². The lowest BCUT2D eigenvalue weighted by Gasteiger charge is -2.35. The summed E-state index contributed by atoms with van der Waals surface area (Å²) in [5, 5.41) is 0. The van der Waals surface area contributed by atoms with Crippen molar-refractivity contribution in [3.8, 4) is 0 Å². The number of ketones is 1. The van der Waals surface area contributed by atoms with Gasteiger partial charge in [0.15, 0.2) is 0 Å². The Bertz CT molecular complexity index is 1630. The Balaban J connectivity index is 2.46. The van der Waals surface area contributed by atoms with Gasteiger partial charge in [0.05, 0.1) is 38.3 Å². The molecule has 2 aromatic rings. The molecule has 0 aromatic heterocycles. The largest absolute Gasteiger partial charge is 0.334 e. The van der Waals surface area contributed by atoms with E-state index in [2.05, 4.69) is 0 Å². The fourth-order valence-corrected chi connectivity index (χ4v) is 7.13. The molecule has 62 heavy (non-hydrogen) atoms. The standard InChI is InChI=1S/C46H76N10O6/c1-37(57)31-52(28-16-12-24-48)43(59)35-56(39(3)41-21-9-6-10-22-41)46(62)34-54(30-18-14-26-50)42(58)33-53(29-17-13-25-49)44(60)36-55(38(2)40-19-7-5-8-20-40)45(61)32-51(4)27-15-11-23-47/h5-10,19-22,38-39H,11-18,23-36,47-50H2,1-4H3/t38-,39-/m0/s1. The van der Waals surface area contributed by atoms with Gasteiger partial charge in [0.25, 0.3) is 0 Å². The van der Waals surface area contributed by atoms with Crippen LogP contribution in [-0.4, -0.2) is 163 Å². The number of nitrogens with zero attached hydrogens (tertiary/aromatic N) is 6. The SMILES string of the molecule is CC(=O)CN(CCCCN)C(=O)CN(C(=O)CN(CCCCN)C(=O)CN(CCCCN)C(=O)CN(C(=O)CN(C)CCCCN)[C@@H](C)c1ccccc1)[C@@H](C)c1ccccc1. The Hall–Kier alpha value is -4.74. The lowest BCUT2D eigenvalue weighted by molar-refractivity contribution is -0.149. The predicted molar refractivity (Wildman–Crippen MR) is 244 cm³/mol. The molecule has 0 bridgehead atoms. The van der Waals surface area contributed by atoms with Crippen molar-refractivity contribution in [1.82, 2.24) is 29.4 Å². The Labute approximate surface area is 370 Å². The number of carbonyl (C=O) groups excluding carboxylic acids is 6. The summed E-state index contributed by atoms with van der Waals surface area (Å²) < 4.78 is 0. The van der Waals surface area contributed by atoms with Crippen molar-refractivity contribution in [2.75, 3.05) is 98.7 Å². The molecule has 16 nitrogen and oxygen atoms in total. The monoisotopic (exact) mass is 865 g/mol. The van der Waals surface area contributed by atoms with Crippen LogP contribution in [0.1, 0.15) is 95.3 Å². The fourth-order valence-electron chi connectivity index (χ4n) is 7.13. The van der Waals surface area contributed by atoms with Gasteiger partial charge >= 0.3 is 0 Å². The average molecular weight is 865 g/mol. The van der Waals surface area contributed by atoms with Crippen LogP contribution < -0.4 is 22.9 Å². The van der Waals surface area contributed by atoms with Gasteiger partial charge in [0.1, 0.15) is 18.9 Å². The van der Waals surface area contributed by atoms with E-state index in [4.69, 9.17) is 22.9 Å². The number of hydrogen-bond acceptors (Lipinski definition) is 11. The van der Waals surface area contributed by atoms with Crippen LogP contribution in [0.4, 0.5) is 0 Å². The molecule has 0 spiro atoms. The van der Waals surface area contributed by atoms with Gasteiger partial charge in [-0.05, 0) is 123 Å². The van der Waals surface area contributed by atoms with Crippen LogP contribution in [0.3, 0.4) is 0 Å². The van der Waals surface area contributed by atoms with Gasteiger partial charge in [0.2, 0.25) is 29.5 Å². The van der Waals surface area contributed by atoms with Gasteiger partial charge in [-0.3, -0.25) is 33.7 Å². The van der Waals surface area contributed by atoms with Crippen molar-refractivity contribution >= 4 is 35.3 Å². The molecule has 0 saturated carbocycles. The minimum absolute atomic E-state index is 0.0957. The highest BCUT2D eigenvalue weighted by Gasteiger charge is 2.32. The number of nitrogens with two attached hydrogens (primary N) is 4. The van der Waals surface area contributed by atoms with Crippen molar-refractivity contribution in [2.24, 2.45) is 22.9 Å². The van der Waals surface area contributed by atoms with Crippen molar-refractivity contribution < 1.29 is 28.8 Å². The number of carbonyl (C=O) groups is 6. The molecule has 0 unspecified atom stereocenters. The highest BCUT2D eigenvalue weighted by Crippen LogP contribution is 2.23. The van der Waals surface area contributed by atoms with Crippen LogP contribution in [0.15, 0.2) is 60.7 Å². The first kappa shape index (κ1) is 53.4. The molecule has 2 rings (SSSR count). The maximum Gasteiger partial charge on any atom is 0.243 e. The smallest absolute Gasteiger partial charge is 0.243 e. The van der Waals surface area contributed by atoms with Crippen molar-refractivity contribution in [1.29, 1.82) is 0 Å². The summed E-state index contributed by atoms with van der Waals surface area (Å²) in [5.74, 6) is -2.13. The number of benzene rings is 2. The van der Waals surface area contributed by atoms with Gasteiger partial charge in [-0.25, -0.2) is 0 Å². The van der Waals surface area contributed by atoms with E-state index >= 15 is 0 Å². The number of unbranched alkanes of at least 4 members (excludes halogenated alkanes) is 4. The number of Topliss-reactive ketones (excluding diaryl/α,β-unsaturated/α-hetero) is 1. The molecular formula is C46H76N10O6. The second-order valence-corrected chi connectivity index (χ2v) is 16.1. The topological polar surface area (TPSA) is 226 Å². The summed E-state index contributed by atoms with van der Waals surface area (Å²) in [7, 11) is 1.86. The van der Waals surface area contributed by atoms with Crippen LogP contribution in [0, 0.1) is 0 Å². The van der Waals surface area contributed by atoms with Crippen LogP contribution >= 0.6 is 0 Å². The molecular weight excluding hydrogens is 789 g/mol. The molecule has 0 radical (unpaired) electrons. The van der Waals surface area contributed by atoms with Crippen LogP contribution in [0.5, 0.6) is 0 Å². The Morgan fingerprint density at radius 3 is 1.13 bits per heavy atom. The van der Waals surface area contributed by atoms with Crippen LogP contribution in [-0.2, 0) is 28.8 Å². The Morgan fingerprint density at radius 1 is 0.435 bits per heavy atom. The van der Waals surface area contributed by atoms with Crippen LogP contribution in [0.25, 0.3) is 0 Å². The fraction of sp³-hybridized carbons (Fsp3) is 0.609. The summed E-state index contributed by atoms with van der Waals surface area (Å²) in [5.41, 5.74) is 24.7. The van der Waals surface area contributed by atoms with E-state index in [0.717, 1.165) is 24.0 Å². The van der Waals surface area contributed by atoms with E-state index < -0.39 is 35.7 Å². The van der Waals surface area contributed by atoms with E-state index in [1.807, 2.05) is 86.5 Å². The first-order valence-electron chi connectivity index (χ1n) is 22.3.